The molecule has 0 fully saturated rings. The zero-order valence-electron chi connectivity index (χ0n) is 8.40. The van der Waals surface area contributed by atoms with Gasteiger partial charge < -0.3 is 15.6 Å². The third-order valence-electron chi connectivity index (χ3n) is 2.21. The average molecular weight is 220 g/mol. The van der Waals surface area contributed by atoms with Gasteiger partial charge >= 0.3 is 0 Å². The summed E-state index contributed by atoms with van der Waals surface area (Å²) in [4.78, 5) is 4.41. The number of nitrogens with zero attached hydrogens (tertiary/aromatic N) is 2. The molecule has 0 aliphatic rings. The molecule has 0 unspecified atom stereocenters. The minimum Gasteiger partial charge on any atom is -0.376 e. The van der Waals surface area contributed by atoms with Crippen molar-refractivity contribution in [2.45, 2.75) is 13.5 Å². The molecule has 0 spiro atoms. The minimum absolute atomic E-state index is 0.236. The molecule has 78 valence electrons. The van der Waals surface area contributed by atoms with Crippen molar-refractivity contribution in [3.63, 3.8) is 0 Å². The van der Waals surface area contributed by atoms with Gasteiger partial charge in [-0.1, -0.05) is 12.1 Å². The smallest absolute Gasteiger partial charge is 0.210 e. The van der Waals surface area contributed by atoms with Gasteiger partial charge in [-0.25, -0.2) is 4.98 Å². The van der Waals surface area contributed by atoms with Gasteiger partial charge in [0.25, 0.3) is 0 Å². The van der Waals surface area contributed by atoms with Crippen molar-refractivity contribution in [1.82, 2.24) is 9.55 Å². The van der Waals surface area contributed by atoms with E-state index in [0.29, 0.717) is 5.95 Å². The van der Waals surface area contributed by atoms with E-state index in [4.69, 9.17) is 18.0 Å². The molecule has 0 bridgehead atoms. The van der Waals surface area contributed by atoms with Gasteiger partial charge in [0.05, 0.1) is 11.0 Å². The number of nitrogens with two attached hydrogens (primary N) is 1. The summed E-state index contributed by atoms with van der Waals surface area (Å²) in [5, 5.41) is 3.11. The normalized spacial score (nSPS) is 10.5. The van der Waals surface area contributed by atoms with E-state index in [1.807, 2.05) is 28.8 Å². The summed E-state index contributed by atoms with van der Waals surface area (Å²) in [6, 6.07) is 7.93. The highest BCUT2D eigenvalue weighted by Crippen LogP contribution is 2.18. The summed E-state index contributed by atoms with van der Waals surface area (Å²) in [6.45, 7) is 2.88. The lowest BCUT2D eigenvalue weighted by Gasteiger charge is -2.06. The highest BCUT2D eigenvalue weighted by Gasteiger charge is 2.08. The molecule has 0 amide bonds. The van der Waals surface area contributed by atoms with Crippen molar-refractivity contribution in [2.24, 2.45) is 5.73 Å². The number of rotatable bonds is 2. The zero-order valence-corrected chi connectivity index (χ0v) is 9.21. The van der Waals surface area contributed by atoms with Gasteiger partial charge in [0.1, 0.15) is 0 Å². The first kappa shape index (κ1) is 9.92. The minimum atomic E-state index is 0.236. The summed E-state index contributed by atoms with van der Waals surface area (Å²) >= 11 is 4.80. The first-order chi connectivity index (χ1) is 7.22. The molecule has 15 heavy (non-hydrogen) atoms. The summed E-state index contributed by atoms with van der Waals surface area (Å²) < 4.78 is 2.04. The second-order valence-electron chi connectivity index (χ2n) is 3.16. The highest BCUT2D eigenvalue weighted by atomic mass is 32.1. The third-order valence-corrected chi connectivity index (χ3v) is 2.31. The Morgan fingerprint density at radius 3 is 2.93 bits per heavy atom. The quantitative estimate of drug-likeness (QED) is 0.756. The number of aromatic nitrogens is 2. The van der Waals surface area contributed by atoms with Crippen molar-refractivity contribution < 1.29 is 0 Å². The van der Waals surface area contributed by atoms with Crippen LogP contribution in [0.4, 0.5) is 5.95 Å². The number of imidazole rings is 1. The zero-order chi connectivity index (χ0) is 10.8. The van der Waals surface area contributed by atoms with Crippen LogP contribution in [-0.2, 0) is 6.54 Å². The lowest BCUT2D eigenvalue weighted by molar-refractivity contribution is 0.798. The van der Waals surface area contributed by atoms with Gasteiger partial charge in [0, 0.05) is 6.54 Å². The van der Waals surface area contributed by atoms with Crippen LogP contribution in [-0.4, -0.2) is 14.7 Å². The Kier molecular flexibility index (Phi) is 2.55. The molecule has 1 aromatic carbocycles. The summed E-state index contributed by atoms with van der Waals surface area (Å²) in [7, 11) is 0. The summed E-state index contributed by atoms with van der Waals surface area (Å²) in [5.41, 5.74) is 7.46. The van der Waals surface area contributed by atoms with Crippen molar-refractivity contribution >= 4 is 34.3 Å². The second kappa shape index (κ2) is 3.86. The number of hydrogen-bond acceptors (Lipinski definition) is 2. The Hall–Kier alpha value is -1.62. The molecule has 0 radical (unpaired) electrons. The molecular formula is C10H12N4S. The summed E-state index contributed by atoms with van der Waals surface area (Å²) in [5.74, 6) is 0.700. The highest BCUT2D eigenvalue weighted by molar-refractivity contribution is 7.80. The predicted molar refractivity (Wildman–Crippen MR) is 65.8 cm³/mol. The van der Waals surface area contributed by atoms with E-state index in [-0.39, 0.29) is 5.11 Å². The maximum absolute atomic E-state index is 5.44. The van der Waals surface area contributed by atoms with Gasteiger partial charge in [0.2, 0.25) is 5.95 Å². The molecule has 1 aromatic heterocycles. The lowest BCUT2D eigenvalue weighted by atomic mass is 10.3. The Balaban J connectivity index is 2.58. The van der Waals surface area contributed by atoms with Crippen molar-refractivity contribution in [2.75, 3.05) is 5.32 Å². The van der Waals surface area contributed by atoms with Crippen molar-refractivity contribution in [3.05, 3.63) is 24.3 Å². The second-order valence-corrected chi connectivity index (χ2v) is 3.60. The molecule has 1 heterocycles. The number of nitrogens with one attached hydrogen (secondary N) is 1. The van der Waals surface area contributed by atoms with Crippen LogP contribution in [0.2, 0.25) is 0 Å². The van der Waals surface area contributed by atoms with E-state index in [1.54, 1.807) is 0 Å². The van der Waals surface area contributed by atoms with E-state index in [2.05, 4.69) is 17.2 Å². The van der Waals surface area contributed by atoms with Crippen molar-refractivity contribution in [1.29, 1.82) is 0 Å². The Morgan fingerprint density at radius 2 is 2.27 bits per heavy atom. The molecule has 3 N–H and O–H groups in total. The van der Waals surface area contributed by atoms with E-state index in [1.165, 1.54) is 0 Å². The number of benzene rings is 1. The van der Waals surface area contributed by atoms with Crippen LogP contribution in [0.1, 0.15) is 6.92 Å². The first-order valence-corrected chi connectivity index (χ1v) is 5.15. The van der Waals surface area contributed by atoms with Crippen LogP contribution in [0.5, 0.6) is 0 Å². The Morgan fingerprint density at radius 1 is 1.53 bits per heavy atom. The fourth-order valence-corrected chi connectivity index (χ4v) is 1.69. The lowest BCUT2D eigenvalue weighted by Crippen LogP contribution is -2.21. The molecule has 0 aliphatic heterocycles. The third kappa shape index (κ3) is 1.78. The van der Waals surface area contributed by atoms with Gasteiger partial charge in [-0.15, -0.1) is 0 Å². The first-order valence-electron chi connectivity index (χ1n) is 4.74. The molecule has 4 nitrogen and oxygen atoms in total. The average Bonchev–Trinajstić information content (AvgIpc) is 2.53. The molecule has 0 saturated heterocycles. The van der Waals surface area contributed by atoms with E-state index in [9.17, 15) is 0 Å². The topological polar surface area (TPSA) is 55.9 Å². The number of para-hydroxylation sites is 2. The number of fused-ring (bicyclic) bond motifs is 1. The molecule has 0 saturated carbocycles. The summed E-state index contributed by atoms with van der Waals surface area (Å²) in [6.07, 6.45) is 0. The number of hydrogen-bond donors (Lipinski definition) is 2. The Bertz CT molecular complexity index is 503. The molecule has 5 heteroatoms. The van der Waals surface area contributed by atoms with Crippen LogP contribution in [0.3, 0.4) is 0 Å². The van der Waals surface area contributed by atoms with Crippen LogP contribution in [0.25, 0.3) is 11.0 Å². The predicted octanol–water partition coefficient (Wildman–Crippen LogP) is 1.71. The van der Waals surface area contributed by atoms with E-state index in [0.717, 1.165) is 17.6 Å². The largest absolute Gasteiger partial charge is 0.376 e. The monoisotopic (exact) mass is 220 g/mol. The van der Waals surface area contributed by atoms with E-state index < -0.39 is 0 Å². The fourth-order valence-electron chi connectivity index (χ4n) is 1.60. The molecular weight excluding hydrogens is 208 g/mol. The number of thiocarbonyl (C=S) groups is 1. The molecule has 0 atom stereocenters. The molecule has 2 aromatic rings. The van der Waals surface area contributed by atoms with Gasteiger partial charge in [-0.3, -0.25) is 0 Å². The van der Waals surface area contributed by atoms with Gasteiger partial charge in [0.15, 0.2) is 5.11 Å². The van der Waals surface area contributed by atoms with Crippen molar-refractivity contribution in [3.8, 4) is 0 Å². The molecule has 0 aliphatic carbocycles. The van der Waals surface area contributed by atoms with Crippen LogP contribution < -0.4 is 11.1 Å². The maximum atomic E-state index is 5.44. The molecule has 2 rings (SSSR count). The fraction of sp³-hybridized carbons (Fsp3) is 0.200. The Labute approximate surface area is 93.1 Å². The van der Waals surface area contributed by atoms with E-state index >= 15 is 0 Å². The number of anilines is 1. The van der Waals surface area contributed by atoms with Crippen LogP contribution in [0, 0.1) is 0 Å². The number of aryl methyl sites for hydroxylation is 1. The van der Waals surface area contributed by atoms with Gasteiger partial charge in [-0.05, 0) is 31.3 Å². The standard InChI is InChI=1S/C10H12N4S/c1-2-14-8-6-4-3-5-7(8)12-10(14)13-9(11)15/h3-6H,2H2,1H3,(H3,11,12,13,15). The van der Waals surface area contributed by atoms with Gasteiger partial charge in [-0.2, -0.15) is 0 Å². The SMILES string of the molecule is CCn1c(NC(N)=S)nc2ccccc21. The van der Waals surface area contributed by atoms with Crippen LogP contribution >= 0.6 is 12.2 Å². The van der Waals surface area contributed by atoms with Crippen LogP contribution in [0.15, 0.2) is 24.3 Å². The maximum Gasteiger partial charge on any atom is 0.210 e.